The van der Waals surface area contributed by atoms with Crippen molar-refractivity contribution in [1.82, 2.24) is 15.1 Å². The molecule has 0 aliphatic carbocycles. The summed E-state index contributed by atoms with van der Waals surface area (Å²) in [7, 11) is 0. The van der Waals surface area contributed by atoms with Gasteiger partial charge in [-0.1, -0.05) is 0 Å². The van der Waals surface area contributed by atoms with Gasteiger partial charge in [0.25, 0.3) is 0 Å². The molecule has 17 heavy (non-hydrogen) atoms. The minimum absolute atomic E-state index is 0.0117. The first-order chi connectivity index (χ1) is 8.22. The van der Waals surface area contributed by atoms with Gasteiger partial charge >= 0.3 is 6.03 Å². The fraction of sp³-hybridized carbons (Fsp3) is 0.818. The van der Waals surface area contributed by atoms with Crippen molar-refractivity contribution in [2.75, 3.05) is 32.8 Å². The largest absolute Gasteiger partial charge is 0.396 e. The Hall–Kier alpha value is -1.30. The second kappa shape index (κ2) is 5.35. The average molecular weight is 241 g/mol. The van der Waals surface area contributed by atoms with Crippen LogP contribution in [-0.4, -0.2) is 65.7 Å². The topological polar surface area (TPSA) is 72.9 Å². The van der Waals surface area contributed by atoms with Gasteiger partial charge < -0.3 is 20.2 Å². The van der Waals surface area contributed by atoms with E-state index in [0.717, 1.165) is 6.42 Å². The molecule has 2 aliphatic rings. The molecule has 0 radical (unpaired) electrons. The molecule has 0 spiro atoms. The number of amides is 3. The number of carbonyl (C=O) groups is 2. The van der Waals surface area contributed by atoms with E-state index in [-0.39, 0.29) is 24.6 Å². The highest BCUT2D eigenvalue weighted by Crippen LogP contribution is 2.15. The van der Waals surface area contributed by atoms with Gasteiger partial charge in [0.2, 0.25) is 5.91 Å². The van der Waals surface area contributed by atoms with Crippen LogP contribution >= 0.6 is 0 Å². The lowest BCUT2D eigenvalue weighted by Gasteiger charge is -2.36. The lowest BCUT2D eigenvalue weighted by Crippen LogP contribution is -2.53. The zero-order valence-corrected chi connectivity index (χ0v) is 9.89. The van der Waals surface area contributed by atoms with Gasteiger partial charge in [0, 0.05) is 39.2 Å². The summed E-state index contributed by atoms with van der Waals surface area (Å²) in [5.41, 5.74) is 0. The number of unbranched alkanes of at least 4 members (excludes halogenated alkanes) is 1. The van der Waals surface area contributed by atoms with Crippen LogP contribution in [0.4, 0.5) is 4.79 Å². The van der Waals surface area contributed by atoms with Crippen molar-refractivity contribution in [3.05, 3.63) is 0 Å². The zero-order valence-electron chi connectivity index (χ0n) is 9.89. The first kappa shape index (κ1) is 12.2. The number of piperazine rings is 1. The predicted molar refractivity (Wildman–Crippen MR) is 61.4 cm³/mol. The van der Waals surface area contributed by atoms with E-state index in [1.165, 1.54) is 0 Å². The van der Waals surface area contributed by atoms with E-state index in [1.54, 1.807) is 4.90 Å². The molecule has 2 fully saturated rings. The number of nitrogens with one attached hydrogen (secondary N) is 1. The van der Waals surface area contributed by atoms with E-state index in [2.05, 4.69) is 5.32 Å². The van der Waals surface area contributed by atoms with Gasteiger partial charge in [0.1, 0.15) is 0 Å². The quantitative estimate of drug-likeness (QED) is 0.645. The number of nitrogens with zero attached hydrogens (tertiary/aromatic N) is 2. The van der Waals surface area contributed by atoms with Crippen LogP contribution in [0.1, 0.15) is 19.3 Å². The van der Waals surface area contributed by atoms with Crippen molar-refractivity contribution >= 4 is 11.9 Å². The number of urea groups is 1. The Morgan fingerprint density at radius 3 is 3.00 bits per heavy atom. The number of fused-ring (bicyclic) bond motifs is 1. The molecule has 0 saturated carbocycles. The van der Waals surface area contributed by atoms with Gasteiger partial charge in [-0.3, -0.25) is 4.79 Å². The molecule has 1 atom stereocenters. The van der Waals surface area contributed by atoms with E-state index in [0.29, 0.717) is 39.0 Å². The number of rotatable bonds is 4. The molecule has 2 heterocycles. The molecule has 2 aliphatic heterocycles. The summed E-state index contributed by atoms with van der Waals surface area (Å²) >= 11 is 0. The summed E-state index contributed by atoms with van der Waals surface area (Å²) in [5.74, 6) is 0.137. The fourth-order valence-electron chi connectivity index (χ4n) is 2.38. The van der Waals surface area contributed by atoms with Crippen LogP contribution in [0, 0.1) is 0 Å². The third-order valence-corrected chi connectivity index (χ3v) is 3.38. The fourth-order valence-corrected chi connectivity index (χ4v) is 2.38. The van der Waals surface area contributed by atoms with Crippen molar-refractivity contribution in [1.29, 1.82) is 0 Å². The molecule has 0 aromatic heterocycles. The molecule has 0 bridgehead atoms. The summed E-state index contributed by atoms with van der Waals surface area (Å²) in [4.78, 5) is 26.9. The normalized spacial score (nSPS) is 23.6. The van der Waals surface area contributed by atoms with Crippen LogP contribution in [-0.2, 0) is 4.79 Å². The summed E-state index contributed by atoms with van der Waals surface area (Å²) in [6, 6.07) is 0.125. The van der Waals surface area contributed by atoms with Gasteiger partial charge in [-0.05, 0) is 12.8 Å². The van der Waals surface area contributed by atoms with Gasteiger partial charge in [-0.25, -0.2) is 4.79 Å². The number of hydrogen-bond acceptors (Lipinski definition) is 3. The molecule has 6 heteroatoms. The van der Waals surface area contributed by atoms with E-state index in [1.807, 2.05) is 4.90 Å². The summed E-state index contributed by atoms with van der Waals surface area (Å²) in [5, 5.41) is 11.5. The minimum Gasteiger partial charge on any atom is -0.396 e. The van der Waals surface area contributed by atoms with Crippen LogP contribution in [0.5, 0.6) is 0 Å². The summed E-state index contributed by atoms with van der Waals surface area (Å²) < 4.78 is 0. The van der Waals surface area contributed by atoms with E-state index in [9.17, 15) is 9.59 Å². The van der Waals surface area contributed by atoms with Crippen molar-refractivity contribution < 1.29 is 14.7 Å². The van der Waals surface area contributed by atoms with Crippen LogP contribution in [0.15, 0.2) is 0 Å². The maximum atomic E-state index is 11.9. The second-order valence-corrected chi connectivity index (χ2v) is 4.55. The van der Waals surface area contributed by atoms with Crippen LogP contribution in [0.3, 0.4) is 0 Å². The minimum atomic E-state index is -0.0117. The Bertz CT molecular complexity index is 308. The highest BCUT2D eigenvalue weighted by atomic mass is 16.3. The third-order valence-electron chi connectivity index (χ3n) is 3.38. The van der Waals surface area contributed by atoms with E-state index < -0.39 is 0 Å². The Morgan fingerprint density at radius 1 is 1.41 bits per heavy atom. The van der Waals surface area contributed by atoms with Crippen molar-refractivity contribution in [2.45, 2.75) is 25.3 Å². The molecule has 6 nitrogen and oxygen atoms in total. The second-order valence-electron chi connectivity index (χ2n) is 4.55. The van der Waals surface area contributed by atoms with E-state index >= 15 is 0 Å². The first-order valence-corrected chi connectivity index (χ1v) is 6.15. The predicted octanol–water partition coefficient (Wildman–Crippen LogP) is -0.615. The highest BCUT2D eigenvalue weighted by molar-refractivity contribution is 5.79. The van der Waals surface area contributed by atoms with Crippen molar-refractivity contribution in [2.24, 2.45) is 0 Å². The number of aliphatic hydroxyl groups is 1. The molecular formula is C11H19N3O3. The molecule has 2 rings (SSSR count). The summed E-state index contributed by atoms with van der Waals surface area (Å²) in [6.07, 6.45) is 1.90. The maximum absolute atomic E-state index is 11.9. The third kappa shape index (κ3) is 2.69. The SMILES string of the molecule is O=C(CCCCO)N1CCN2C(=O)NCC2C1. The Morgan fingerprint density at radius 2 is 2.24 bits per heavy atom. The standard InChI is InChI=1S/C11H19N3O3/c15-6-2-1-3-10(16)13-4-5-14-9(8-13)7-12-11(14)17/h9,15H,1-8H2,(H,12,17). The number of aliphatic hydroxyl groups excluding tert-OH is 1. The Kier molecular flexibility index (Phi) is 3.83. The average Bonchev–Trinajstić information content (AvgIpc) is 2.71. The number of carbonyl (C=O) groups excluding carboxylic acids is 2. The molecule has 1 unspecified atom stereocenters. The Balaban J connectivity index is 1.80. The number of hydrogen-bond donors (Lipinski definition) is 2. The zero-order chi connectivity index (χ0) is 12.3. The van der Waals surface area contributed by atoms with Crippen LogP contribution < -0.4 is 5.32 Å². The van der Waals surface area contributed by atoms with Crippen molar-refractivity contribution in [3.63, 3.8) is 0 Å². The lowest BCUT2D eigenvalue weighted by molar-refractivity contribution is -0.133. The monoisotopic (exact) mass is 241 g/mol. The van der Waals surface area contributed by atoms with Gasteiger partial charge in [0.15, 0.2) is 0 Å². The summed E-state index contributed by atoms with van der Waals surface area (Å²) in [6.45, 7) is 2.67. The van der Waals surface area contributed by atoms with Gasteiger partial charge in [-0.15, -0.1) is 0 Å². The molecule has 3 amide bonds. The molecule has 0 aromatic rings. The Labute approximate surface area is 101 Å². The van der Waals surface area contributed by atoms with Crippen LogP contribution in [0.25, 0.3) is 0 Å². The van der Waals surface area contributed by atoms with Crippen LogP contribution in [0.2, 0.25) is 0 Å². The maximum Gasteiger partial charge on any atom is 0.317 e. The molecule has 0 aromatic carbocycles. The van der Waals surface area contributed by atoms with Gasteiger partial charge in [-0.2, -0.15) is 0 Å². The van der Waals surface area contributed by atoms with E-state index in [4.69, 9.17) is 5.11 Å². The first-order valence-electron chi connectivity index (χ1n) is 6.15. The lowest BCUT2D eigenvalue weighted by atomic mass is 10.1. The molecular weight excluding hydrogens is 222 g/mol. The highest BCUT2D eigenvalue weighted by Gasteiger charge is 2.36. The molecule has 2 N–H and O–H groups in total. The van der Waals surface area contributed by atoms with Gasteiger partial charge in [0.05, 0.1) is 6.04 Å². The van der Waals surface area contributed by atoms with Crippen molar-refractivity contribution in [3.8, 4) is 0 Å². The smallest absolute Gasteiger partial charge is 0.317 e. The molecule has 96 valence electrons. The molecule has 2 saturated heterocycles.